The summed E-state index contributed by atoms with van der Waals surface area (Å²) in [6.07, 6.45) is 0. The van der Waals surface area contributed by atoms with E-state index in [4.69, 9.17) is 9.40 Å². The van der Waals surface area contributed by atoms with Crippen molar-refractivity contribution in [2.75, 3.05) is 26.3 Å². The van der Waals surface area contributed by atoms with Crippen molar-refractivity contribution in [2.45, 2.75) is 33.2 Å². The van der Waals surface area contributed by atoms with Crippen LogP contribution in [0.15, 0.2) is 39.5 Å². The number of aryl methyl sites for hydroxylation is 1. The fraction of sp³-hybridized carbons (Fsp3) is 0.360. The van der Waals surface area contributed by atoms with Gasteiger partial charge in [0.15, 0.2) is 0 Å². The van der Waals surface area contributed by atoms with Crippen molar-refractivity contribution in [1.82, 2.24) is 9.88 Å². The van der Waals surface area contributed by atoms with Crippen LogP contribution in [0.25, 0.3) is 31.8 Å². The quantitative estimate of drug-likeness (QED) is 0.359. The largest absolute Gasteiger partial charge is 0.507 e. The monoisotopic (exact) mass is 468 g/mol. The Kier molecular flexibility index (Phi) is 6.81. The fourth-order valence-corrected chi connectivity index (χ4v) is 5.08. The zero-order valence-electron chi connectivity index (χ0n) is 19.0. The second kappa shape index (κ2) is 9.61. The molecule has 0 radical (unpaired) electrons. The number of benzene rings is 2. The van der Waals surface area contributed by atoms with Crippen LogP contribution in [-0.4, -0.2) is 51.5 Å². The molecule has 0 saturated carbocycles. The van der Waals surface area contributed by atoms with E-state index in [-0.39, 0.29) is 36.9 Å². The molecular formula is C25H28N2O5S. The number of hydrogen-bond acceptors (Lipinski definition) is 8. The van der Waals surface area contributed by atoms with Gasteiger partial charge in [0, 0.05) is 36.7 Å². The zero-order valence-corrected chi connectivity index (χ0v) is 19.8. The number of aromatic hydroxyl groups is 1. The van der Waals surface area contributed by atoms with Crippen molar-refractivity contribution in [3.8, 4) is 16.3 Å². The number of aromatic nitrogens is 1. The lowest BCUT2D eigenvalue weighted by Gasteiger charge is -2.22. The minimum atomic E-state index is -0.181. The minimum Gasteiger partial charge on any atom is -0.507 e. The van der Waals surface area contributed by atoms with E-state index in [1.54, 1.807) is 13.0 Å². The summed E-state index contributed by atoms with van der Waals surface area (Å²) in [5.41, 5.74) is 2.51. The molecule has 0 aliphatic carbocycles. The summed E-state index contributed by atoms with van der Waals surface area (Å²) in [6, 6.07) is 9.42. The molecule has 0 unspecified atom stereocenters. The Bertz CT molecular complexity index is 1320. The van der Waals surface area contributed by atoms with Crippen molar-refractivity contribution < 1.29 is 19.7 Å². The molecule has 33 heavy (non-hydrogen) atoms. The Hall–Kier alpha value is -2.78. The summed E-state index contributed by atoms with van der Waals surface area (Å²) < 4.78 is 7.26. The number of phenolic OH excluding ortho intramolecular Hbond substituents is 1. The van der Waals surface area contributed by atoms with Gasteiger partial charge in [0.25, 0.3) is 0 Å². The van der Waals surface area contributed by atoms with Crippen LogP contribution in [-0.2, 0) is 6.54 Å². The smallest absolute Gasteiger partial charge is 0.203 e. The van der Waals surface area contributed by atoms with Crippen LogP contribution >= 0.6 is 11.3 Å². The first-order valence-electron chi connectivity index (χ1n) is 11.0. The summed E-state index contributed by atoms with van der Waals surface area (Å²) in [6.45, 7) is 6.48. The third-order valence-electron chi connectivity index (χ3n) is 5.75. The normalized spacial score (nSPS) is 12.0. The molecule has 7 nitrogen and oxygen atoms in total. The summed E-state index contributed by atoms with van der Waals surface area (Å²) in [7, 11) is 0. The number of aliphatic hydroxyl groups is 2. The van der Waals surface area contributed by atoms with Crippen LogP contribution in [0.3, 0.4) is 0 Å². The van der Waals surface area contributed by atoms with Crippen molar-refractivity contribution in [3.63, 3.8) is 0 Å². The van der Waals surface area contributed by atoms with Crippen LogP contribution < -0.4 is 5.43 Å². The van der Waals surface area contributed by atoms with E-state index in [2.05, 4.69) is 0 Å². The Labute approximate surface area is 195 Å². The van der Waals surface area contributed by atoms with Crippen LogP contribution in [0.5, 0.6) is 5.75 Å². The molecule has 2 heterocycles. The number of phenols is 1. The number of aliphatic hydroxyl groups excluding tert-OH is 2. The number of fused-ring (bicyclic) bond motifs is 2. The van der Waals surface area contributed by atoms with Gasteiger partial charge in [0.05, 0.1) is 34.4 Å². The van der Waals surface area contributed by atoms with E-state index in [0.29, 0.717) is 51.5 Å². The molecule has 0 saturated heterocycles. The molecule has 0 aliphatic heterocycles. The molecule has 0 spiro atoms. The van der Waals surface area contributed by atoms with E-state index >= 15 is 0 Å². The van der Waals surface area contributed by atoms with E-state index in [0.717, 1.165) is 10.2 Å². The lowest BCUT2D eigenvalue weighted by atomic mass is 9.99. The second-order valence-corrected chi connectivity index (χ2v) is 9.45. The predicted molar refractivity (Wildman–Crippen MR) is 131 cm³/mol. The summed E-state index contributed by atoms with van der Waals surface area (Å²) >= 11 is 1.46. The van der Waals surface area contributed by atoms with Crippen molar-refractivity contribution >= 4 is 32.5 Å². The van der Waals surface area contributed by atoms with Gasteiger partial charge in [0.2, 0.25) is 5.43 Å². The van der Waals surface area contributed by atoms with Crippen LogP contribution in [0.4, 0.5) is 0 Å². The number of rotatable bonds is 8. The maximum absolute atomic E-state index is 13.8. The first-order chi connectivity index (χ1) is 15.8. The highest BCUT2D eigenvalue weighted by molar-refractivity contribution is 7.21. The van der Waals surface area contributed by atoms with Crippen molar-refractivity contribution in [1.29, 1.82) is 0 Å². The highest BCUT2D eigenvalue weighted by atomic mass is 32.1. The van der Waals surface area contributed by atoms with Gasteiger partial charge in [-0.2, -0.15) is 0 Å². The van der Waals surface area contributed by atoms with Gasteiger partial charge in [-0.25, -0.2) is 4.98 Å². The lowest BCUT2D eigenvalue weighted by Crippen LogP contribution is -2.29. The number of thiazole rings is 1. The third kappa shape index (κ3) is 4.39. The highest BCUT2D eigenvalue weighted by Gasteiger charge is 2.24. The number of nitrogens with zero attached hydrogens (tertiary/aromatic N) is 2. The molecule has 174 valence electrons. The topological polar surface area (TPSA) is 107 Å². The van der Waals surface area contributed by atoms with Gasteiger partial charge >= 0.3 is 0 Å². The molecule has 0 atom stereocenters. The molecule has 3 N–H and O–H groups in total. The van der Waals surface area contributed by atoms with Gasteiger partial charge in [-0.3, -0.25) is 9.69 Å². The summed E-state index contributed by atoms with van der Waals surface area (Å²) in [5.74, 6) is 0.535. The number of para-hydroxylation sites is 1. The molecule has 2 aromatic heterocycles. The van der Waals surface area contributed by atoms with Gasteiger partial charge in [-0.15, -0.1) is 11.3 Å². The first-order valence-corrected chi connectivity index (χ1v) is 11.8. The predicted octanol–water partition coefficient (Wildman–Crippen LogP) is 3.99. The molecule has 4 aromatic rings. The van der Waals surface area contributed by atoms with Gasteiger partial charge < -0.3 is 19.7 Å². The molecule has 0 aliphatic rings. The van der Waals surface area contributed by atoms with E-state index < -0.39 is 0 Å². The molecule has 4 rings (SSSR count). The van der Waals surface area contributed by atoms with E-state index in [9.17, 15) is 20.1 Å². The SMILES string of the molecule is Cc1c(O)c(CN(CCO)CCO)cc2c(=O)c(-c3nc4ccccc4s3)c(C(C)C)oc12. The first kappa shape index (κ1) is 23.4. The molecule has 0 bridgehead atoms. The maximum atomic E-state index is 13.8. The molecule has 0 fully saturated rings. The van der Waals surface area contributed by atoms with E-state index in [1.807, 2.05) is 43.0 Å². The Morgan fingerprint density at radius 1 is 1.15 bits per heavy atom. The fourth-order valence-electron chi connectivity index (χ4n) is 4.07. The average Bonchev–Trinajstić information content (AvgIpc) is 3.21. The maximum Gasteiger partial charge on any atom is 0.203 e. The Morgan fingerprint density at radius 2 is 1.85 bits per heavy atom. The zero-order chi connectivity index (χ0) is 23.7. The molecule has 2 aromatic carbocycles. The summed E-state index contributed by atoms with van der Waals surface area (Å²) in [5, 5.41) is 30.5. The molecule has 0 amide bonds. The standard InChI is InChI=1S/C25H28N2O5S/c1-14(2)23-20(25-26-18-6-4-5-7-19(18)33-25)22(31)17-12-16(13-27(8-10-28)9-11-29)21(30)15(3)24(17)32-23/h4-7,12,14,28-30H,8-11,13H2,1-3H3. The minimum absolute atomic E-state index is 0.0500. The summed E-state index contributed by atoms with van der Waals surface area (Å²) in [4.78, 5) is 20.3. The van der Waals surface area contributed by atoms with Gasteiger partial charge in [0.1, 0.15) is 22.1 Å². The second-order valence-electron chi connectivity index (χ2n) is 8.42. The van der Waals surface area contributed by atoms with Crippen molar-refractivity contribution in [2.24, 2.45) is 0 Å². The Morgan fingerprint density at radius 3 is 2.48 bits per heavy atom. The van der Waals surface area contributed by atoms with Gasteiger partial charge in [-0.1, -0.05) is 26.0 Å². The third-order valence-corrected chi connectivity index (χ3v) is 6.81. The van der Waals surface area contributed by atoms with Crippen LogP contribution in [0, 0.1) is 6.92 Å². The highest BCUT2D eigenvalue weighted by Crippen LogP contribution is 2.37. The van der Waals surface area contributed by atoms with Crippen LogP contribution in [0.1, 0.15) is 36.7 Å². The van der Waals surface area contributed by atoms with Crippen LogP contribution in [0.2, 0.25) is 0 Å². The van der Waals surface area contributed by atoms with E-state index in [1.165, 1.54) is 11.3 Å². The average molecular weight is 469 g/mol. The molecular weight excluding hydrogens is 440 g/mol. The van der Waals surface area contributed by atoms with Crippen molar-refractivity contribution in [3.05, 3.63) is 57.4 Å². The Balaban J connectivity index is 1.95. The number of hydrogen-bond donors (Lipinski definition) is 3. The molecule has 8 heteroatoms. The van der Waals surface area contributed by atoms with Gasteiger partial charge in [-0.05, 0) is 25.1 Å². The lowest BCUT2D eigenvalue weighted by molar-refractivity contribution is 0.155.